The number of unbranched alkanes of at least 4 members (excludes halogenated alkanes) is 3. The van der Waals surface area contributed by atoms with E-state index in [9.17, 15) is 4.79 Å². The molecule has 0 amide bonds. The molecule has 0 atom stereocenters. The third-order valence-corrected chi connectivity index (χ3v) is 7.41. The van der Waals surface area contributed by atoms with E-state index in [1.54, 1.807) is 18.3 Å². The number of pyridine rings is 1. The van der Waals surface area contributed by atoms with Crippen molar-refractivity contribution in [2.24, 2.45) is 5.92 Å². The zero-order valence-corrected chi connectivity index (χ0v) is 23.6. The van der Waals surface area contributed by atoms with Gasteiger partial charge in [0.1, 0.15) is 30.5 Å². The number of hydrogen-bond donors (Lipinski definition) is 0. The number of halogens is 1. The second-order valence-corrected chi connectivity index (χ2v) is 11.1. The predicted molar refractivity (Wildman–Crippen MR) is 153 cm³/mol. The number of ether oxygens (including phenoxy) is 4. The van der Waals surface area contributed by atoms with E-state index >= 15 is 0 Å². The standard InChI is InChI=1S/C31H37ClN2O5/c1-34(2)13-5-3-4-6-14-36-28-20-26-29(31-30(28)37-15-16-38-31)27(11-12-33-26)39-24-10-9-22(25(32)19-24)18-23(35)17-21-7-8-21/h9-12,19-21H,3-8,13-18H2,1-2H3. The van der Waals surface area contributed by atoms with Crippen LogP contribution in [0.25, 0.3) is 10.9 Å². The lowest BCUT2D eigenvalue weighted by Crippen LogP contribution is -2.17. The van der Waals surface area contributed by atoms with Gasteiger partial charge in [-0.15, -0.1) is 0 Å². The highest BCUT2D eigenvalue weighted by Crippen LogP contribution is 2.48. The van der Waals surface area contributed by atoms with Crippen molar-refractivity contribution < 1.29 is 23.7 Å². The van der Waals surface area contributed by atoms with Gasteiger partial charge in [0.2, 0.25) is 5.75 Å². The maximum absolute atomic E-state index is 12.3. The fourth-order valence-electron chi connectivity index (χ4n) is 4.82. The van der Waals surface area contributed by atoms with Crippen LogP contribution < -0.4 is 18.9 Å². The average Bonchev–Trinajstić information content (AvgIpc) is 3.73. The van der Waals surface area contributed by atoms with Crippen molar-refractivity contribution in [2.45, 2.75) is 51.4 Å². The van der Waals surface area contributed by atoms with E-state index in [0.717, 1.165) is 43.2 Å². The Morgan fingerprint density at radius 1 is 1.03 bits per heavy atom. The van der Waals surface area contributed by atoms with Crippen LogP contribution in [0.5, 0.6) is 28.7 Å². The van der Waals surface area contributed by atoms with Crippen molar-refractivity contribution in [3.63, 3.8) is 0 Å². The molecule has 3 aromatic rings. The first kappa shape index (κ1) is 27.5. The van der Waals surface area contributed by atoms with Gasteiger partial charge in [-0.2, -0.15) is 0 Å². The monoisotopic (exact) mass is 552 g/mol. The molecular formula is C31H37ClN2O5. The second kappa shape index (κ2) is 12.9. The SMILES string of the molecule is CN(C)CCCCCCOc1cc2nccc(Oc3ccc(CC(=O)CC4CC4)c(Cl)c3)c2c2c1OCCO2. The molecule has 1 aromatic heterocycles. The van der Waals surface area contributed by atoms with Gasteiger partial charge in [0.05, 0.1) is 17.5 Å². The molecule has 2 aromatic carbocycles. The topological polar surface area (TPSA) is 70.1 Å². The number of Topliss-reactive ketones (excluding diaryl/α,β-unsaturated/α-hetero) is 1. The number of fused-ring (bicyclic) bond motifs is 3. The Morgan fingerprint density at radius 2 is 1.82 bits per heavy atom. The molecule has 0 bridgehead atoms. The Hall–Kier alpha value is -3.03. The molecule has 0 spiro atoms. The fraction of sp³-hybridized carbons (Fsp3) is 0.484. The van der Waals surface area contributed by atoms with Gasteiger partial charge in [0.25, 0.3) is 0 Å². The summed E-state index contributed by atoms with van der Waals surface area (Å²) in [6, 6.07) is 9.16. The molecule has 1 fully saturated rings. The van der Waals surface area contributed by atoms with Crippen molar-refractivity contribution in [1.82, 2.24) is 9.88 Å². The van der Waals surface area contributed by atoms with E-state index in [-0.39, 0.29) is 5.78 Å². The Morgan fingerprint density at radius 3 is 2.59 bits per heavy atom. The molecule has 7 nitrogen and oxygen atoms in total. The summed E-state index contributed by atoms with van der Waals surface area (Å²) >= 11 is 6.54. The van der Waals surface area contributed by atoms with Crippen molar-refractivity contribution in [1.29, 1.82) is 0 Å². The Kier molecular flexibility index (Phi) is 9.09. The molecule has 0 radical (unpaired) electrons. The van der Waals surface area contributed by atoms with Crippen LogP contribution in [0.15, 0.2) is 36.5 Å². The lowest BCUT2D eigenvalue weighted by molar-refractivity contribution is -0.118. The molecule has 8 heteroatoms. The summed E-state index contributed by atoms with van der Waals surface area (Å²) in [6.45, 7) is 2.59. The molecule has 5 rings (SSSR count). The van der Waals surface area contributed by atoms with Gasteiger partial charge in [-0.1, -0.05) is 30.5 Å². The third-order valence-electron chi connectivity index (χ3n) is 7.05. The molecule has 1 saturated carbocycles. The largest absolute Gasteiger partial charge is 0.489 e. The molecule has 1 aliphatic carbocycles. The summed E-state index contributed by atoms with van der Waals surface area (Å²) in [6.07, 6.45) is 9.49. The number of carbonyl (C=O) groups is 1. The number of hydrogen-bond acceptors (Lipinski definition) is 7. The zero-order chi connectivity index (χ0) is 27.2. The molecule has 1 aliphatic heterocycles. The summed E-state index contributed by atoms with van der Waals surface area (Å²) in [7, 11) is 4.20. The minimum absolute atomic E-state index is 0.235. The van der Waals surface area contributed by atoms with Gasteiger partial charge in [-0.3, -0.25) is 9.78 Å². The van der Waals surface area contributed by atoms with Crippen LogP contribution in [0, 0.1) is 5.92 Å². The van der Waals surface area contributed by atoms with Crippen molar-refractivity contribution in [2.75, 3.05) is 40.5 Å². The van der Waals surface area contributed by atoms with Crippen LogP contribution in [-0.4, -0.2) is 56.1 Å². The van der Waals surface area contributed by atoms with E-state index in [4.69, 9.17) is 30.5 Å². The number of aromatic nitrogens is 1. The van der Waals surface area contributed by atoms with Gasteiger partial charge >= 0.3 is 0 Å². The van der Waals surface area contributed by atoms with E-state index in [1.165, 1.54) is 12.8 Å². The van der Waals surface area contributed by atoms with E-state index in [2.05, 4.69) is 24.0 Å². The first-order valence-electron chi connectivity index (χ1n) is 13.9. The molecule has 208 valence electrons. The summed E-state index contributed by atoms with van der Waals surface area (Å²) in [5, 5.41) is 1.25. The maximum atomic E-state index is 12.3. The normalized spacial score (nSPS) is 14.6. The number of nitrogens with zero attached hydrogens (tertiary/aromatic N) is 2. The molecule has 0 N–H and O–H groups in total. The summed E-state index contributed by atoms with van der Waals surface area (Å²) in [4.78, 5) is 19.1. The zero-order valence-electron chi connectivity index (χ0n) is 22.8. The van der Waals surface area contributed by atoms with Crippen LogP contribution in [0.1, 0.15) is 50.5 Å². The van der Waals surface area contributed by atoms with Crippen molar-refractivity contribution >= 4 is 28.3 Å². The highest BCUT2D eigenvalue weighted by atomic mass is 35.5. The van der Waals surface area contributed by atoms with Gasteiger partial charge in [-0.25, -0.2) is 0 Å². The van der Waals surface area contributed by atoms with Gasteiger partial charge in [0, 0.05) is 30.1 Å². The Labute approximate surface area is 235 Å². The molecule has 0 saturated heterocycles. The van der Waals surface area contributed by atoms with Crippen molar-refractivity contribution in [3.8, 4) is 28.7 Å². The molecule has 0 unspecified atom stereocenters. The lowest BCUT2D eigenvalue weighted by Gasteiger charge is -2.23. The van der Waals surface area contributed by atoms with E-state index in [1.807, 2.05) is 18.2 Å². The third kappa shape index (κ3) is 7.34. The van der Waals surface area contributed by atoms with Crippen LogP contribution >= 0.6 is 11.6 Å². The van der Waals surface area contributed by atoms with Crippen LogP contribution in [0.4, 0.5) is 0 Å². The van der Waals surface area contributed by atoms with Crippen LogP contribution in [0.2, 0.25) is 5.02 Å². The lowest BCUT2D eigenvalue weighted by atomic mass is 10.0. The smallest absolute Gasteiger partial charge is 0.204 e. The second-order valence-electron chi connectivity index (χ2n) is 10.7. The van der Waals surface area contributed by atoms with Crippen molar-refractivity contribution in [3.05, 3.63) is 47.1 Å². The summed E-state index contributed by atoms with van der Waals surface area (Å²) < 4.78 is 24.5. The summed E-state index contributed by atoms with van der Waals surface area (Å²) in [5.74, 6) is 3.77. The highest BCUT2D eigenvalue weighted by Gasteiger charge is 2.26. The Bertz CT molecular complexity index is 1310. The van der Waals surface area contributed by atoms with E-state index in [0.29, 0.717) is 77.9 Å². The minimum atomic E-state index is 0.235. The number of rotatable bonds is 14. The molecular weight excluding hydrogens is 516 g/mol. The number of carbonyl (C=O) groups excluding carboxylic acids is 1. The highest BCUT2D eigenvalue weighted by molar-refractivity contribution is 6.31. The fourth-order valence-corrected chi connectivity index (χ4v) is 5.06. The molecule has 39 heavy (non-hydrogen) atoms. The molecule has 2 heterocycles. The average molecular weight is 553 g/mol. The summed E-state index contributed by atoms with van der Waals surface area (Å²) in [5.41, 5.74) is 1.52. The predicted octanol–water partition coefficient (Wildman–Crippen LogP) is 6.86. The number of ketones is 1. The van der Waals surface area contributed by atoms with Gasteiger partial charge in [0.15, 0.2) is 11.5 Å². The minimum Gasteiger partial charge on any atom is -0.489 e. The first-order chi connectivity index (χ1) is 19.0. The van der Waals surface area contributed by atoms with Gasteiger partial charge < -0.3 is 23.8 Å². The maximum Gasteiger partial charge on any atom is 0.204 e. The first-order valence-corrected chi connectivity index (χ1v) is 14.3. The van der Waals surface area contributed by atoms with Crippen LogP contribution in [-0.2, 0) is 11.2 Å². The van der Waals surface area contributed by atoms with Crippen LogP contribution in [0.3, 0.4) is 0 Å². The quantitative estimate of drug-likeness (QED) is 0.202. The van der Waals surface area contributed by atoms with E-state index < -0.39 is 0 Å². The van der Waals surface area contributed by atoms with Gasteiger partial charge in [-0.05, 0) is 76.0 Å². The Balaban J connectivity index is 1.30. The molecule has 2 aliphatic rings. The number of benzene rings is 2.